The van der Waals surface area contributed by atoms with Gasteiger partial charge in [-0.2, -0.15) is 0 Å². The summed E-state index contributed by atoms with van der Waals surface area (Å²) in [5.74, 6) is 0.904. The van der Waals surface area contributed by atoms with E-state index in [2.05, 4.69) is 86.2 Å². The fourth-order valence-electron chi connectivity index (χ4n) is 4.53. The lowest BCUT2D eigenvalue weighted by atomic mass is 10.0. The van der Waals surface area contributed by atoms with Gasteiger partial charge in [-0.1, -0.05) is 45.9 Å². The number of rotatable bonds is 4. The molecule has 0 bridgehead atoms. The van der Waals surface area contributed by atoms with Gasteiger partial charge in [0.15, 0.2) is 0 Å². The molecule has 0 spiro atoms. The summed E-state index contributed by atoms with van der Waals surface area (Å²) in [6, 6.07) is 15.7. The number of nitrogens with zero attached hydrogens (tertiary/aromatic N) is 2. The average molecular weight is 455 g/mol. The fourth-order valence-corrected chi connectivity index (χ4v) is 4.53. The van der Waals surface area contributed by atoms with Crippen molar-refractivity contribution in [3.05, 3.63) is 59.4 Å². The highest BCUT2D eigenvalue weighted by Crippen LogP contribution is 2.25. The van der Waals surface area contributed by atoms with Crippen LogP contribution in [0.1, 0.15) is 64.5 Å². The number of hydrogen-bond donors (Lipinski definition) is 2. The minimum Gasteiger partial charge on any atom is -0.369 e. The van der Waals surface area contributed by atoms with Crippen LogP contribution in [0, 0.1) is 5.82 Å². The molecule has 4 rings (SSSR count). The van der Waals surface area contributed by atoms with Crippen molar-refractivity contribution in [2.75, 3.05) is 49.1 Å². The molecule has 2 aliphatic heterocycles. The lowest BCUT2D eigenvalue weighted by Crippen LogP contribution is -2.49. The third-order valence-corrected chi connectivity index (χ3v) is 6.64. The Morgan fingerprint density at radius 1 is 0.758 bits per heavy atom. The summed E-state index contributed by atoms with van der Waals surface area (Å²) in [6.07, 6.45) is 0. The van der Waals surface area contributed by atoms with Gasteiger partial charge in [-0.25, -0.2) is 4.39 Å². The maximum Gasteiger partial charge on any atom is 0.146 e. The minimum absolute atomic E-state index is 0.0923. The van der Waals surface area contributed by atoms with Crippen molar-refractivity contribution in [3.63, 3.8) is 0 Å². The SMILES string of the molecule is CC(C)c1ccc(N2CCN[C@H](C)C2)c(F)c1.CC(C)c1ccc(N2CCN[C@H](C)C2)cc1. The van der Waals surface area contributed by atoms with Gasteiger partial charge in [0.1, 0.15) is 5.82 Å². The van der Waals surface area contributed by atoms with E-state index in [9.17, 15) is 4.39 Å². The summed E-state index contributed by atoms with van der Waals surface area (Å²) in [4.78, 5) is 4.59. The summed E-state index contributed by atoms with van der Waals surface area (Å²) in [7, 11) is 0. The van der Waals surface area contributed by atoms with E-state index >= 15 is 0 Å². The first-order chi connectivity index (χ1) is 15.7. The Labute approximate surface area is 200 Å². The molecule has 2 heterocycles. The molecular weight excluding hydrogens is 411 g/mol. The van der Waals surface area contributed by atoms with Gasteiger partial charge in [-0.3, -0.25) is 0 Å². The Morgan fingerprint density at radius 2 is 1.27 bits per heavy atom. The van der Waals surface area contributed by atoms with Crippen molar-refractivity contribution in [2.45, 2.75) is 65.5 Å². The second-order valence-corrected chi connectivity index (χ2v) is 10.2. The van der Waals surface area contributed by atoms with E-state index in [1.54, 1.807) is 6.07 Å². The molecule has 0 saturated carbocycles. The molecule has 33 heavy (non-hydrogen) atoms. The molecule has 182 valence electrons. The number of nitrogens with one attached hydrogen (secondary N) is 2. The highest BCUT2D eigenvalue weighted by atomic mass is 19.1. The van der Waals surface area contributed by atoms with Gasteiger partial charge in [-0.05, 0) is 61.1 Å². The van der Waals surface area contributed by atoms with E-state index in [0.717, 1.165) is 50.5 Å². The van der Waals surface area contributed by atoms with Gasteiger partial charge in [0.25, 0.3) is 0 Å². The van der Waals surface area contributed by atoms with Crippen LogP contribution in [-0.4, -0.2) is 51.4 Å². The molecule has 2 aliphatic rings. The highest BCUT2D eigenvalue weighted by molar-refractivity contribution is 5.50. The van der Waals surface area contributed by atoms with E-state index in [0.29, 0.717) is 23.9 Å². The third-order valence-electron chi connectivity index (χ3n) is 6.64. The Hall–Kier alpha value is -2.11. The smallest absolute Gasteiger partial charge is 0.146 e. The van der Waals surface area contributed by atoms with Crippen LogP contribution >= 0.6 is 0 Å². The summed E-state index contributed by atoms with van der Waals surface area (Å²) >= 11 is 0. The van der Waals surface area contributed by atoms with Gasteiger partial charge >= 0.3 is 0 Å². The van der Waals surface area contributed by atoms with Crippen LogP contribution < -0.4 is 20.4 Å². The molecule has 0 amide bonds. The summed E-state index contributed by atoms with van der Waals surface area (Å²) in [6.45, 7) is 19.0. The van der Waals surface area contributed by atoms with Crippen molar-refractivity contribution >= 4 is 11.4 Å². The molecule has 2 N–H and O–H groups in total. The lowest BCUT2D eigenvalue weighted by molar-refractivity contribution is 0.478. The lowest BCUT2D eigenvalue weighted by Gasteiger charge is -2.34. The molecule has 0 aromatic heterocycles. The highest BCUT2D eigenvalue weighted by Gasteiger charge is 2.19. The van der Waals surface area contributed by atoms with Gasteiger partial charge in [0.05, 0.1) is 5.69 Å². The molecule has 0 unspecified atom stereocenters. The zero-order chi connectivity index (χ0) is 24.0. The number of piperazine rings is 2. The van der Waals surface area contributed by atoms with Crippen LogP contribution in [0.3, 0.4) is 0 Å². The van der Waals surface area contributed by atoms with Crippen LogP contribution in [0.25, 0.3) is 0 Å². The summed E-state index contributed by atoms with van der Waals surface area (Å²) in [5, 5.41) is 6.84. The molecule has 2 fully saturated rings. The average Bonchev–Trinajstić information content (AvgIpc) is 2.79. The number of hydrogen-bond acceptors (Lipinski definition) is 4. The van der Waals surface area contributed by atoms with Gasteiger partial charge in [-0.15, -0.1) is 0 Å². The fraction of sp³-hybridized carbons (Fsp3) is 0.571. The van der Waals surface area contributed by atoms with Gasteiger partial charge < -0.3 is 20.4 Å². The van der Waals surface area contributed by atoms with Gasteiger partial charge in [0, 0.05) is 57.0 Å². The Morgan fingerprint density at radius 3 is 1.79 bits per heavy atom. The number of benzene rings is 2. The van der Waals surface area contributed by atoms with Crippen molar-refractivity contribution < 1.29 is 4.39 Å². The van der Waals surface area contributed by atoms with Crippen LogP contribution in [0.15, 0.2) is 42.5 Å². The van der Waals surface area contributed by atoms with Crippen LogP contribution in [-0.2, 0) is 0 Å². The zero-order valence-corrected chi connectivity index (χ0v) is 21.4. The number of anilines is 2. The molecule has 2 saturated heterocycles. The van der Waals surface area contributed by atoms with E-state index in [-0.39, 0.29) is 5.82 Å². The predicted octanol–water partition coefficient (Wildman–Crippen LogP) is 5.36. The molecular formula is C28H43FN4. The first kappa shape index (κ1) is 25.5. The molecule has 0 radical (unpaired) electrons. The molecule has 4 nitrogen and oxygen atoms in total. The van der Waals surface area contributed by atoms with Crippen molar-refractivity contribution in [3.8, 4) is 0 Å². The maximum absolute atomic E-state index is 14.1. The minimum atomic E-state index is -0.0923. The first-order valence-corrected chi connectivity index (χ1v) is 12.6. The Bertz CT molecular complexity index is 865. The zero-order valence-electron chi connectivity index (χ0n) is 21.4. The molecule has 2 atom stereocenters. The van der Waals surface area contributed by atoms with Crippen LogP contribution in [0.2, 0.25) is 0 Å². The van der Waals surface area contributed by atoms with Crippen molar-refractivity contribution in [1.29, 1.82) is 0 Å². The molecule has 5 heteroatoms. The standard InChI is InChI=1S/C14H21FN2.C14H22N2/c1-10(2)12-4-5-14(13(15)8-12)17-7-6-16-11(3)9-17;1-11(2)13-4-6-14(7-5-13)16-9-8-15-12(3)10-16/h4-5,8,10-11,16H,6-7,9H2,1-3H3;4-7,11-12,15H,8-10H2,1-3H3/t11-;12-/m11/s1. The Kier molecular flexibility index (Phi) is 9.16. The second-order valence-electron chi connectivity index (χ2n) is 10.2. The van der Waals surface area contributed by atoms with E-state index in [1.807, 2.05) is 12.1 Å². The molecule has 0 aliphatic carbocycles. The predicted molar refractivity (Wildman–Crippen MR) is 140 cm³/mol. The van der Waals surface area contributed by atoms with Crippen LogP contribution in [0.4, 0.5) is 15.8 Å². The second kappa shape index (κ2) is 11.8. The molecule has 2 aromatic carbocycles. The largest absolute Gasteiger partial charge is 0.369 e. The van der Waals surface area contributed by atoms with Gasteiger partial charge in [0.2, 0.25) is 0 Å². The summed E-state index contributed by atoms with van der Waals surface area (Å²) < 4.78 is 14.1. The van der Waals surface area contributed by atoms with Crippen molar-refractivity contribution in [1.82, 2.24) is 10.6 Å². The summed E-state index contributed by atoms with van der Waals surface area (Å²) in [5.41, 5.74) is 4.59. The third kappa shape index (κ3) is 7.18. The first-order valence-electron chi connectivity index (χ1n) is 12.6. The Balaban J connectivity index is 0.000000186. The van der Waals surface area contributed by atoms with E-state index in [1.165, 1.54) is 11.3 Å². The van der Waals surface area contributed by atoms with Crippen LogP contribution in [0.5, 0.6) is 0 Å². The monoisotopic (exact) mass is 454 g/mol. The quantitative estimate of drug-likeness (QED) is 0.652. The van der Waals surface area contributed by atoms with E-state index < -0.39 is 0 Å². The number of halogens is 1. The molecule has 2 aromatic rings. The maximum atomic E-state index is 14.1. The van der Waals surface area contributed by atoms with E-state index in [4.69, 9.17) is 0 Å². The normalized spacial score (nSPS) is 21.2. The van der Waals surface area contributed by atoms with Crippen molar-refractivity contribution in [2.24, 2.45) is 0 Å². The topological polar surface area (TPSA) is 30.5 Å².